The molecule has 0 saturated carbocycles. The molecule has 1 N–H and O–H groups in total. The van der Waals surface area contributed by atoms with Crippen LogP contribution in [-0.2, 0) is 16.1 Å². The lowest BCUT2D eigenvalue weighted by Gasteiger charge is -2.41. The number of ether oxygens (including phenoxy) is 1. The number of methoxy groups -OCH3 is 1. The molecular formula is C16H26N4O3S. The fourth-order valence-corrected chi connectivity index (χ4v) is 4.28. The third kappa shape index (κ3) is 4.52. The second kappa shape index (κ2) is 8.35. The van der Waals surface area contributed by atoms with Crippen molar-refractivity contribution in [1.29, 1.82) is 0 Å². The van der Waals surface area contributed by atoms with Gasteiger partial charge in [0.05, 0.1) is 19.1 Å². The second-order valence-corrected chi connectivity index (χ2v) is 7.58. The van der Waals surface area contributed by atoms with Crippen LogP contribution in [0.3, 0.4) is 0 Å². The predicted octanol–water partition coefficient (Wildman–Crippen LogP) is 0.292. The summed E-state index contributed by atoms with van der Waals surface area (Å²) in [7, 11) is 1.69. The summed E-state index contributed by atoms with van der Waals surface area (Å²) in [5.41, 5.74) is 0. The van der Waals surface area contributed by atoms with Crippen LogP contribution in [0, 0.1) is 5.92 Å². The van der Waals surface area contributed by atoms with E-state index in [9.17, 15) is 9.90 Å². The molecule has 134 valence electrons. The molecule has 2 fully saturated rings. The summed E-state index contributed by atoms with van der Waals surface area (Å²) in [5, 5.41) is 12.7. The van der Waals surface area contributed by atoms with Gasteiger partial charge in [0.1, 0.15) is 5.01 Å². The predicted molar refractivity (Wildman–Crippen MR) is 92.2 cm³/mol. The maximum atomic E-state index is 11.6. The topological polar surface area (TPSA) is 69.1 Å². The average Bonchev–Trinajstić information content (AvgIpc) is 2.99. The summed E-state index contributed by atoms with van der Waals surface area (Å²) < 4.78 is 5.19. The zero-order valence-electron chi connectivity index (χ0n) is 14.1. The van der Waals surface area contributed by atoms with Gasteiger partial charge in [-0.3, -0.25) is 19.5 Å². The van der Waals surface area contributed by atoms with E-state index in [1.165, 1.54) is 0 Å². The summed E-state index contributed by atoms with van der Waals surface area (Å²) in [4.78, 5) is 23.0. The normalized spacial score (nSPS) is 26.9. The number of carboxylic acid groups (broad SMARTS) is 1. The second-order valence-electron chi connectivity index (χ2n) is 6.60. The van der Waals surface area contributed by atoms with Crippen LogP contribution in [0.25, 0.3) is 0 Å². The highest BCUT2D eigenvalue weighted by Gasteiger charge is 2.36. The first-order valence-electron chi connectivity index (χ1n) is 8.44. The molecule has 24 heavy (non-hydrogen) atoms. The van der Waals surface area contributed by atoms with Crippen LogP contribution in [0.1, 0.15) is 5.01 Å². The van der Waals surface area contributed by atoms with Crippen molar-refractivity contribution in [3.63, 3.8) is 0 Å². The van der Waals surface area contributed by atoms with Crippen molar-refractivity contribution in [3.05, 3.63) is 16.6 Å². The van der Waals surface area contributed by atoms with E-state index in [-0.39, 0.29) is 5.92 Å². The molecule has 0 spiro atoms. The Labute approximate surface area is 146 Å². The molecule has 3 rings (SSSR count). The van der Waals surface area contributed by atoms with E-state index in [1.807, 2.05) is 11.6 Å². The van der Waals surface area contributed by atoms with Crippen LogP contribution in [0.5, 0.6) is 0 Å². The van der Waals surface area contributed by atoms with E-state index in [2.05, 4.69) is 19.7 Å². The van der Waals surface area contributed by atoms with Crippen molar-refractivity contribution < 1.29 is 14.6 Å². The fourth-order valence-electron chi connectivity index (χ4n) is 3.62. The van der Waals surface area contributed by atoms with Crippen molar-refractivity contribution in [3.8, 4) is 0 Å². The quantitative estimate of drug-likeness (QED) is 0.787. The van der Waals surface area contributed by atoms with E-state index >= 15 is 0 Å². The Kier molecular flexibility index (Phi) is 6.18. The molecule has 3 heterocycles. The molecule has 8 heteroatoms. The lowest BCUT2D eigenvalue weighted by molar-refractivity contribution is -0.142. The Morgan fingerprint density at radius 1 is 1.33 bits per heavy atom. The van der Waals surface area contributed by atoms with Crippen LogP contribution in [0.15, 0.2) is 11.6 Å². The van der Waals surface area contributed by atoms with Crippen molar-refractivity contribution >= 4 is 17.3 Å². The molecule has 1 aromatic rings. The highest BCUT2D eigenvalue weighted by Crippen LogP contribution is 2.20. The van der Waals surface area contributed by atoms with Crippen molar-refractivity contribution in [2.75, 3.05) is 59.5 Å². The smallest absolute Gasteiger partial charge is 0.309 e. The first-order valence-corrected chi connectivity index (χ1v) is 9.32. The Hall–Kier alpha value is -1.06. The Bertz CT molecular complexity index is 527. The van der Waals surface area contributed by atoms with Gasteiger partial charge in [0.15, 0.2) is 0 Å². The molecule has 2 aliphatic rings. The van der Waals surface area contributed by atoms with Gasteiger partial charge in [0.25, 0.3) is 0 Å². The van der Waals surface area contributed by atoms with Crippen molar-refractivity contribution in [2.24, 2.45) is 5.92 Å². The van der Waals surface area contributed by atoms with Gasteiger partial charge in [0.2, 0.25) is 0 Å². The maximum Gasteiger partial charge on any atom is 0.309 e. The van der Waals surface area contributed by atoms with Crippen LogP contribution >= 0.6 is 11.3 Å². The molecule has 0 bridgehead atoms. The number of carboxylic acids is 1. The fraction of sp³-hybridized carbons (Fsp3) is 0.750. The van der Waals surface area contributed by atoms with Crippen LogP contribution in [-0.4, -0.2) is 96.3 Å². The monoisotopic (exact) mass is 354 g/mol. The molecule has 0 radical (unpaired) electrons. The molecule has 0 aromatic carbocycles. The summed E-state index contributed by atoms with van der Waals surface area (Å²) in [6, 6.07) is 0.375. The molecule has 2 atom stereocenters. The third-order valence-electron chi connectivity index (χ3n) is 4.89. The minimum absolute atomic E-state index is 0.322. The standard InChI is InChI=1S/C16H26N4O3S/c1-23-6-5-19-8-13(16(21)22)9-20-4-3-18(10-14(20)11-19)12-15-17-2-7-24-15/h2,7,13-14H,3-6,8-12H2,1H3,(H,21,22)/t13-,14-/m0/s1. The van der Waals surface area contributed by atoms with E-state index in [4.69, 9.17) is 4.74 Å². The van der Waals surface area contributed by atoms with Gasteiger partial charge >= 0.3 is 5.97 Å². The molecule has 0 amide bonds. The van der Waals surface area contributed by atoms with Gasteiger partial charge in [0, 0.05) is 70.5 Å². The Morgan fingerprint density at radius 2 is 2.17 bits per heavy atom. The number of thiazole rings is 1. The van der Waals surface area contributed by atoms with Crippen molar-refractivity contribution in [2.45, 2.75) is 12.6 Å². The van der Waals surface area contributed by atoms with E-state index in [1.54, 1.807) is 18.4 Å². The number of nitrogens with zero attached hydrogens (tertiary/aromatic N) is 4. The van der Waals surface area contributed by atoms with Crippen LogP contribution < -0.4 is 0 Å². The van der Waals surface area contributed by atoms with E-state index in [0.717, 1.165) is 44.3 Å². The maximum absolute atomic E-state index is 11.6. The SMILES string of the molecule is COCCN1C[C@H](C(=O)O)CN2CCN(Cc3nccs3)C[C@H]2C1. The van der Waals surface area contributed by atoms with Gasteiger partial charge in [-0.2, -0.15) is 0 Å². The number of hydrogen-bond acceptors (Lipinski definition) is 7. The summed E-state index contributed by atoms with van der Waals surface area (Å²) in [6.45, 7) is 7.35. The van der Waals surface area contributed by atoms with Crippen LogP contribution in [0.2, 0.25) is 0 Å². The number of piperazine rings is 1. The molecule has 2 saturated heterocycles. The number of rotatable bonds is 6. The first kappa shape index (κ1) is 17.8. The highest BCUT2D eigenvalue weighted by atomic mass is 32.1. The largest absolute Gasteiger partial charge is 0.481 e. The lowest BCUT2D eigenvalue weighted by atomic mass is 10.1. The molecule has 7 nitrogen and oxygen atoms in total. The number of aromatic nitrogens is 1. The van der Waals surface area contributed by atoms with Crippen LogP contribution in [0.4, 0.5) is 0 Å². The van der Waals surface area contributed by atoms with Gasteiger partial charge in [-0.05, 0) is 0 Å². The van der Waals surface area contributed by atoms with E-state index in [0.29, 0.717) is 25.7 Å². The number of carbonyl (C=O) groups is 1. The molecule has 0 unspecified atom stereocenters. The highest BCUT2D eigenvalue weighted by molar-refractivity contribution is 7.09. The summed E-state index contributed by atoms with van der Waals surface area (Å²) in [5.74, 6) is -1.01. The third-order valence-corrected chi connectivity index (χ3v) is 5.66. The number of fused-ring (bicyclic) bond motifs is 1. The summed E-state index contributed by atoms with van der Waals surface area (Å²) in [6.07, 6.45) is 1.85. The average molecular weight is 354 g/mol. The van der Waals surface area contributed by atoms with Gasteiger partial charge in [-0.1, -0.05) is 0 Å². The minimum atomic E-state index is -0.691. The van der Waals surface area contributed by atoms with Gasteiger partial charge in [-0.15, -0.1) is 11.3 Å². The molecule has 0 aliphatic carbocycles. The molecule has 2 aliphatic heterocycles. The van der Waals surface area contributed by atoms with Crippen molar-refractivity contribution in [1.82, 2.24) is 19.7 Å². The molecule has 1 aromatic heterocycles. The Balaban J connectivity index is 1.64. The zero-order valence-corrected chi connectivity index (χ0v) is 15.0. The van der Waals surface area contributed by atoms with Gasteiger partial charge < -0.3 is 9.84 Å². The lowest BCUT2D eigenvalue weighted by Crippen LogP contribution is -2.55. The first-order chi connectivity index (χ1) is 11.7. The number of hydrogen-bond donors (Lipinski definition) is 1. The zero-order chi connectivity index (χ0) is 16.9. The molecular weight excluding hydrogens is 328 g/mol. The Morgan fingerprint density at radius 3 is 2.88 bits per heavy atom. The summed E-state index contributed by atoms with van der Waals surface area (Å²) >= 11 is 1.69. The number of aliphatic carboxylic acids is 1. The van der Waals surface area contributed by atoms with Gasteiger partial charge in [-0.25, -0.2) is 4.98 Å². The van der Waals surface area contributed by atoms with E-state index < -0.39 is 5.97 Å². The minimum Gasteiger partial charge on any atom is -0.481 e.